The molecule has 0 radical (unpaired) electrons. The minimum Gasteiger partial charge on any atom is -0.508 e. The van der Waals surface area contributed by atoms with Crippen molar-refractivity contribution >= 4 is 22.0 Å². The summed E-state index contributed by atoms with van der Waals surface area (Å²) in [4.78, 5) is 4.21. The molecule has 0 aliphatic carbocycles. The van der Waals surface area contributed by atoms with Crippen LogP contribution >= 0.6 is 15.9 Å². The first-order valence-electron chi connectivity index (χ1n) is 6.48. The van der Waals surface area contributed by atoms with E-state index >= 15 is 0 Å². The summed E-state index contributed by atoms with van der Waals surface area (Å²) in [7, 11) is 0. The number of hydrogen-bond acceptors (Lipinski definition) is 5. The van der Waals surface area contributed by atoms with E-state index < -0.39 is 11.9 Å². The number of aliphatic imine (C=N–C) groups is 1. The summed E-state index contributed by atoms with van der Waals surface area (Å²) in [5.41, 5.74) is 4.95. The standard InChI is InChI=1S/C15H10BrFN2O3/c16-7-1-3-11-9(5-7)15(13(17)22-14(18)19-15)10-6-8(20)2-4-12(10)21-11/h1-6,13,20H,(H2,18,19)/t13-,15?/m1/s1. The lowest BCUT2D eigenvalue weighted by molar-refractivity contribution is 0.0218. The molecule has 5 nitrogen and oxygen atoms in total. The van der Waals surface area contributed by atoms with E-state index in [0.717, 1.165) is 4.47 Å². The Labute approximate surface area is 133 Å². The molecule has 1 spiro atoms. The van der Waals surface area contributed by atoms with Crippen LogP contribution in [0.15, 0.2) is 45.9 Å². The van der Waals surface area contributed by atoms with E-state index in [0.29, 0.717) is 22.6 Å². The largest absolute Gasteiger partial charge is 0.508 e. The van der Waals surface area contributed by atoms with Crippen molar-refractivity contribution in [3.8, 4) is 17.2 Å². The summed E-state index contributed by atoms with van der Waals surface area (Å²) in [5, 5.41) is 9.78. The molecule has 22 heavy (non-hydrogen) atoms. The molecular weight excluding hydrogens is 355 g/mol. The Kier molecular flexibility index (Phi) is 2.65. The first-order valence-corrected chi connectivity index (χ1v) is 7.27. The van der Waals surface area contributed by atoms with Gasteiger partial charge < -0.3 is 20.3 Å². The number of nitrogens with zero attached hydrogens (tertiary/aromatic N) is 1. The lowest BCUT2D eigenvalue weighted by Crippen LogP contribution is -2.36. The number of halogens is 2. The fraction of sp³-hybridized carbons (Fsp3) is 0.133. The second-order valence-corrected chi connectivity index (χ2v) is 5.99. The topological polar surface area (TPSA) is 77.1 Å². The molecule has 0 aromatic heterocycles. The van der Waals surface area contributed by atoms with Gasteiger partial charge in [0.1, 0.15) is 17.2 Å². The van der Waals surface area contributed by atoms with Crippen molar-refractivity contribution in [1.82, 2.24) is 0 Å². The lowest BCUT2D eigenvalue weighted by atomic mass is 9.80. The second-order valence-electron chi connectivity index (χ2n) is 5.07. The smallest absolute Gasteiger partial charge is 0.286 e. The van der Waals surface area contributed by atoms with Crippen molar-refractivity contribution in [1.29, 1.82) is 0 Å². The van der Waals surface area contributed by atoms with Gasteiger partial charge in [0.25, 0.3) is 12.4 Å². The number of ether oxygens (including phenoxy) is 2. The van der Waals surface area contributed by atoms with Crippen molar-refractivity contribution in [2.75, 3.05) is 0 Å². The van der Waals surface area contributed by atoms with Gasteiger partial charge in [-0.15, -0.1) is 0 Å². The maximum absolute atomic E-state index is 14.8. The Morgan fingerprint density at radius 1 is 1.18 bits per heavy atom. The Balaban J connectivity index is 2.08. The van der Waals surface area contributed by atoms with Crippen molar-refractivity contribution in [2.45, 2.75) is 11.9 Å². The Morgan fingerprint density at radius 3 is 2.55 bits per heavy atom. The third kappa shape index (κ3) is 1.65. The number of rotatable bonds is 0. The Morgan fingerprint density at radius 2 is 1.86 bits per heavy atom. The van der Waals surface area contributed by atoms with Gasteiger partial charge in [0, 0.05) is 15.6 Å². The second kappa shape index (κ2) is 4.36. The normalized spacial score (nSPS) is 25.0. The molecule has 2 aliphatic rings. The highest BCUT2D eigenvalue weighted by Crippen LogP contribution is 2.54. The van der Waals surface area contributed by atoms with Gasteiger partial charge in [0.05, 0.1) is 0 Å². The molecule has 0 bridgehead atoms. The number of benzene rings is 2. The first-order chi connectivity index (χ1) is 10.5. The fourth-order valence-electron chi connectivity index (χ4n) is 2.86. The number of alkyl halides is 1. The van der Waals surface area contributed by atoms with Crippen LogP contribution in [-0.2, 0) is 10.3 Å². The molecule has 112 valence electrons. The predicted octanol–water partition coefficient (Wildman–Crippen LogP) is 3.14. The number of phenolic OH excluding ortho intramolecular Hbond substituents is 1. The third-order valence-electron chi connectivity index (χ3n) is 3.79. The summed E-state index contributed by atoms with van der Waals surface area (Å²) in [6.45, 7) is 0. The van der Waals surface area contributed by atoms with Crippen LogP contribution in [0.1, 0.15) is 11.1 Å². The van der Waals surface area contributed by atoms with Crippen LogP contribution < -0.4 is 10.5 Å². The highest BCUT2D eigenvalue weighted by molar-refractivity contribution is 9.10. The van der Waals surface area contributed by atoms with Gasteiger partial charge in [0.2, 0.25) is 0 Å². The first kappa shape index (κ1) is 13.4. The molecule has 2 aromatic rings. The van der Waals surface area contributed by atoms with Crippen LogP contribution in [0, 0.1) is 0 Å². The minimum atomic E-state index is -1.81. The van der Waals surface area contributed by atoms with Gasteiger partial charge in [0.15, 0.2) is 5.54 Å². The highest BCUT2D eigenvalue weighted by atomic mass is 79.9. The van der Waals surface area contributed by atoms with Crippen LogP contribution in [0.4, 0.5) is 4.39 Å². The van der Waals surface area contributed by atoms with Crippen molar-refractivity contribution in [2.24, 2.45) is 10.7 Å². The van der Waals surface area contributed by atoms with E-state index in [1.165, 1.54) is 12.1 Å². The van der Waals surface area contributed by atoms with Crippen molar-refractivity contribution in [3.05, 3.63) is 52.0 Å². The van der Waals surface area contributed by atoms with E-state index in [1.807, 2.05) is 0 Å². The molecule has 0 saturated carbocycles. The maximum Gasteiger partial charge on any atom is 0.286 e. The monoisotopic (exact) mass is 364 g/mol. The zero-order valence-electron chi connectivity index (χ0n) is 11.1. The van der Waals surface area contributed by atoms with Gasteiger partial charge in [-0.2, -0.15) is 4.39 Å². The fourth-order valence-corrected chi connectivity index (χ4v) is 3.23. The van der Waals surface area contributed by atoms with Crippen molar-refractivity contribution < 1.29 is 19.0 Å². The van der Waals surface area contributed by atoms with E-state index in [-0.39, 0.29) is 11.8 Å². The van der Waals surface area contributed by atoms with Crippen LogP contribution in [0.25, 0.3) is 0 Å². The molecule has 2 heterocycles. The number of fused-ring (bicyclic) bond motifs is 4. The number of aromatic hydroxyl groups is 1. The lowest BCUT2D eigenvalue weighted by Gasteiger charge is -2.34. The van der Waals surface area contributed by atoms with E-state index in [9.17, 15) is 9.50 Å². The van der Waals surface area contributed by atoms with Gasteiger partial charge in [-0.1, -0.05) is 15.9 Å². The van der Waals surface area contributed by atoms with Gasteiger partial charge in [-0.05, 0) is 36.4 Å². The SMILES string of the molecule is NC1=NC2(c3cc(O)ccc3Oc3ccc(Br)cc32)[C@H](F)O1. The average molecular weight is 365 g/mol. The maximum atomic E-state index is 14.8. The van der Waals surface area contributed by atoms with Crippen LogP contribution in [0.2, 0.25) is 0 Å². The Bertz CT molecular complexity index is 773. The van der Waals surface area contributed by atoms with Gasteiger partial charge in [-0.3, -0.25) is 0 Å². The number of phenols is 1. The molecule has 2 atom stereocenters. The average Bonchev–Trinajstić information content (AvgIpc) is 2.77. The minimum absolute atomic E-state index is 0.0203. The quantitative estimate of drug-likeness (QED) is 0.752. The predicted molar refractivity (Wildman–Crippen MR) is 80.7 cm³/mol. The molecule has 2 aliphatic heterocycles. The number of amidine groups is 1. The molecule has 3 N–H and O–H groups in total. The summed E-state index contributed by atoms with van der Waals surface area (Å²) < 4.78 is 26.3. The number of hydrogen-bond donors (Lipinski definition) is 2. The van der Waals surface area contributed by atoms with Gasteiger partial charge in [-0.25, -0.2) is 4.99 Å². The van der Waals surface area contributed by atoms with E-state index in [1.54, 1.807) is 24.3 Å². The molecule has 4 rings (SSSR count). The van der Waals surface area contributed by atoms with Crippen LogP contribution in [-0.4, -0.2) is 17.5 Å². The molecule has 0 saturated heterocycles. The number of nitrogens with two attached hydrogens (primary N) is 1. The zero-order chi connectivity index (χ0) is 15.5. The highest BCUT2D eigenvalue weighted by Gasteiger charge is 2.55. The summed E-state index contributed by atoms with van der Waals surface area (Å²) in [6.07, 6.45) is -1.81. The van der Waals surface area contributed by atoms with Gasteiger partial charge >= 0.3 is 0 Å². The van der Waals surface area contributed by atoms with E-state index in [2.05, 4.69) is 20.9 Å². The van der Waals surface area contributed by atoms with E-state index in [4.69, 9.17) is 15.2 Å². The molecule has 2 aromatic carbocycles. The molecule has 7 heteroatoms. The van der Waals surface area contributed by atoms with Crippen molar-refractivity contribution in [3.63, 3.8) is 0 Å². The third-order valence-corrected chi connectivity index (χ3v) is 4.28. The zero-order valence-corrected chi connectivity index (χ0v) is 12.7. The summed E-state index contributed by atoms with van der Waals surface area (Å²) in [6, 6.07) is 9.41. The summed E-state index contributed by atoms with van der Waals surface area (Å²) in [5.74, 6) is 0.844. The van der Waals surface area contributed by atoms with Crippen LogP contribution in [0.3, 0.4) is 0 Å². The molecule has 0 fully saturated rings. The molecule has 1 unspecified atom stereocenters. The molecular formula is C15H10BrFN2O3. The molecule has 0 amide bonds. The Hall–Kier alpha value is -2.28. The summed E-state index contributed by atoms with van der Waals surface area (Å²) >= 11 is 3.36. The van der Waals surface area contributed by atoms with Crippen LogP contribution in [0.5, 0.6) is 17.2 Å².